The maximum Gasteiger partial charge on any atom is 0.123 e. The number of hydrogen-bond donors (Lipinski definition) is 2. The minimum Gasteiger partial charge on any atom is -0.395 e. The van der Waals surface area contributed by atoms with Gasteiger partial charge in [0.1, 0.15) is 5.82 Å². The van der Waals surface area contributed by atoms with E-state index >= 15 is 0 Å². The summed E-state index contributed by atoms with van der Waals surface area (Å²) in [4.78, 5) is 0. The van der Waals surface area contributed by atoms with Crippen molar-refractivity contribution < 1.29 is 9.50 Å². The molecule has 0 spiro atoms. The van der Waals surface area contributed by atoms with Gasteiger partial charge in [-0.1, -0.05) is 19.1 Å². The van der Waals surface area contributed by atoms with Gasteiger partial charge < -0.3 is 10.4 Å². The van der Waals surface area contributed by atoms with Gasteiger partial charge in [0.15, 0.2) is 0 Å². The summed E-state index contributed by atoms with van der Waals surface area (Å²) >= 11 is 1.64. The van der Waals surface area contributed by atoms with E-state index in [1.807, 2.05) is 12.3 Å². The number of hydrogen-bond acceptors (Lipinski definition) is 3. The van der Waals surface area contributed by atoms with Crippen molar-refractivity contribution in [2.75, 3.05) is 12.9 Å². The highest BCUT2D eigenvalue weighted by Gasteiger charge is 2.19. The van der Waals surface area contributed by atoms with Crippen LogP contribution >= 0.6 is 11.8 Å². The van der Waals surface area contributed by atoms with Crippen LogP contribution in [0.25, 0.3) is 0 Å². The Labute approximate surface area is 113 Å². The van der Waals surface area contributed by atoms with E-state index in [2.05, 4.69) is 19.2 Å². The number of aliphatic hydroxyl groups excluding tert-OH is 1. The van der Waals surface area contributed by atoms with Gasteiger partial charge in [0, 0.05) is 17.3 Å². The molecule has 3 atom stereocenters. The molecule has 0 bridgehead atoms. The Morgan fingerprint density at radius 1 is 1.44 bits per heavy atom. The van der Waals surface area contributed by atoms with Gasteiger partial charge >= 0.3 is 0 Å². The summed E-state index contributed by atoms with van der Waals surface area (Å²) < 4.78 is 13.2. The summed E-state index contributed by atoms with van der Waals surface area (Å²) in [6.45, 7) is 4.27. The molecule has 0 amide bonds. The SMILES string of the molecule is CCC(NC(C)C(CO)SC)c1cccc(F)c1. The fourth-order valence-corrected chi connectivity index (χ4v) is 2.67. The van der Waals surface area contributed by atoms with Crippen molar-refractivity contribution in [2.45, 2.75) is 37.6 Å². The van der Waals surface area contributed by atoms with Crippen molar-refractivity contribution in [3.8, 4) is 0 Å². The Kier molecular flexibility index (Phi) is 6.68. The average molecular weight is 271 g/mol. The van der Waals surface area contributed by atoms with Gasteiger partial charge in [-0.2, -0.15) is 11.8 Å². The molecule has 0 aliphatic heterocycles. The van der Waals surface area contributed by atoms with Gasteiger partial charge in [-0.3, -0.25) is 0 Å². The first kappa shape index (κ1) is 15.5. The van der Waals surface area contributed by atoms with Gasteiger partial charge in [-0.05, 0) is 37.3 Å². The summed E-state index contributed by atoms with van der Waals surface area (Å²) in [5.41, 5.74) is 0.960. The minimum absolute atomic E-state index is 0.122. The summed E-state index contributed by atoms with van der Waals surface area (Å²) in [6.07, 6.45) is 2.88. The molecule has 102 valence electrons. The van der Waals surface area contributed by atoms with E-state index in [1.54, 1.807) is 23.9 Å². The van der Waals surface area contributed by atoms with Gasteiger partial charge in [-0.25, -0.2) is 4.39 Å². The first-order valence-corrected chi connectivity index (χ1v) is 7.56. The molecule has 3 unspecified atom stereocenters. The van der Waals surface area contributed by atoms with Crippen molar-refractivity contribution in [3.63, 3.8) is 0 Å². The second-order valence-electron chi connectivity index (χ2n) is 4.43. The maximum atomic E-state index is 13.2. The third kappa shape index (κ3) is 4.26. The highest BCUT2D eigenvalue weighted by atomic mass is 32.2. The molecule has 4 heteroatoms. The van der Waals surface area contributed by atoms with Crippen LogP contribution in [0.3, 0.4) is 0 Å². The normalized spacial score (nSPS) is 16.3. The second-order valence-corrected chi connectivity index (χ2v) is 5.50. The fraction of sp³-hybridized carbons (Fsp3) is 0.571. The number of aliphatic hydroxyl groups is 1. The van der Waals surface area contributed by atoms with Crippen molar-refractivity contribution >= 4 is 11.8 Å². The van der Waals surface area contributed by atoms with E-state index < -0.39 is 0 Å². The Hall–Kier alpha value is -0.580. The smallest absolute Gasteiger partial charge is 0.123 e. The molecule has 1 rings (SSSR count). The largest absolute Gasteiger partial charge is 0.395 e. The van der Waals surface area contributed by atoms with Crippen LogP contribution in [-0.4, -0.2) is 29.3 Å². The van der Waals surface area contributed by atoms with Gasteiger partial charge in [0.05, 0.1) is 6.61 Å². The van der Waals surface area contributed by atoms with Crippen LogP contribution < -0.4 is 5.32 Å². The van der Waals surface area contributed by atoms with Crippen LogP contribution in [0.4, 0.5) is 4.39 Å². The van der Waals surface area contributed by atoms with Crippen molar-refractivity contribution in [2.24, 2.45) is 0 Å². The molecule has 0 saturated carbocycles. The van der Waals surface area contributed by atoms with Crippen LogP contribution in [0.15, 0.2) is 24.3 Å². The molecule has 0 aliphatic carbocycles. The zero-order chi connectivity index (χ0) is 13.5. The van der Waals surface area contributed by atoms with Crippen LogP contribution in [0, 0.1) is 5.82 Å². The molecular formula is C14H22FNOS. The fourth-order valence-electron chi connectivity index (χ4n) is 2.03. The Morgan fingerprint density at radius 3 is 2.67 bits per heavy atom. The first-order chi connectivity index (χ1) is 8.62. The van der Waals surface area contributed by atoms with Crippen molar-refractivity contribution in [1.29, 1.82) is 0 Å². The Balaban J connectivity index is 2.72. The molecule has 1 aromatic carbocycles. The second kappa shape index (κ2) is 7.77. The lowest BCUT2D eigenvalue weighted by Crippen LogP contribution is -2.39. The zero-order valence-corrected chi connectivity index (χ0v) is 12.0. The van der Waals surface area contributed by atoms with E-state index in [0.717, 1.165) is 12.0 Å². The van der Waals surface area contributed by atoms with Crippen LogP contribution in [0.1, 0.15) is 31.9 Å². The van der Waals surface area contributed by atoms with Gasteiger partial charge in [-0.15, -0.1) is 0 Å². The van der Waals surface area contributed by atoms with Gasteiger partial charge in [0.2, 0.25) is 0 Å². The van der Waals surface area contributed by atoms with Crippen LogP contribution in [-0.2, 0) is 0 Å². The maximum absolute atomic E-state index is 13.2. The first-order valence-electron chi connectivity index (χ1n) is 6.27. The van der Waals surface area contributed by atoms with Crippen molar-refractivity contribution in [1.82, 2.24) is 5.32 Å². The lowest BCUT2D eigenvalue weighted by atomic mass is 10.0. The predicted molar refractivity (Wildman–Crippen MR) is 76.4 cm³/mol. The number of thioether (sulfide) groups is 1. The topological polar surface area (TPSA) is 32.3 Å². The van der Waals surface area contributed by atoms with Crippen LogP contribution in [0.2, 0.25) is 0 Å². The standard InChI is InChI=1S/C14H22FNOS/c1-4-13(11-6-5-7-12(15)8-11)16-10(2)14(9-17)18-3/h5-8,10,13-14,16-17H,4,9H2,1-3H3. The van der Waals surface area contributed by atoms with E-state index in [-0.39, 0.29) is 29.8 Å². The summed E-state index contributed by atoms with van der Waals surface area (Å²) in [7, 11) is 0. The summed E-state index contributed by atoms with van der Waals surface area (Å²) in [6, 6.07) is 7.00. The number of benzene rings is 1. The minimum atomic E-state index is -0.205. The molecule has 0 fully saturated rings. The molecule has 18 heavy (non-hydrogen) atoms. The highest BCUT2D eigenvalue weighted by molar-refractivity contribution is 7.99. The quantitative estimate of drug-likeness (QED) is 0.799. The third-order valence-corrected chi connectivity index (χ3v) is 4.33. The summed E-state index contributed by atoms with van der Waals surface area (Å²) in [5.74, 6) is -0.205. The molecular weight excluding hydrogens is 249 g/mol. The summed E-state index contributed by atoms with van der Waals surface area (Å²) in [5, 5.41) is 12.9. The third-order valence-electron chi connectivity index (χ3n) is 3.16. The molecule has 0 heterocycles. The molecule has 0 saturated heterocycles. The Bertz CT molecular complexity index is 357. The van der Waals surface area contributed by atoms with Gasteiger partial charge in [0.25, 0.3) is 0 Å². The molecule has 2 nitrogen and oxygen atoms in total. The number of rotatable bonds is 7. The Morgan fingerprint density at radius 2 is 2.17 bits per heavy atom. The lowest BCUT2D eigenvalue weighted by Gasteiger charge is -2.27. The molecule has 1 aromatic rings. The lowest BCUT2D eigenvalue weighted by molar-refractivity contribution is 0.269. The molecule has 0 aromatic heterocycles. The van der Waals surface area contributed by atoms with E-state index in [9.17, 15) is 9.50 Å². The van der Waals surface area contributed by atoms with Crippen LogP contribution in [0.5, 0.6) is 0 Å². The van der Waals surface area contributed by atoms with E-state index in [1.165, 1.54) is 6.07 Å². The average Bonchev–Trinajstić information content (AvgIpc) is 2.37. The predicted octanol–water partition coefficient (Wildman–Crippen LogP) is 2.98. The molecule has 0 radical (unpaired) electrons. The number of halogens is 1. The molecule has 0 aliphatic rings. The van der Waals surface area contributed by atoms with E-state index in [4.69, 9.17) is 0 Å². The highest BCUT2D eigenvalue weighted by Crippen LogP contribution is 2.20. The molecule has 2 N–H and O–H groups in total. The number of nitrogens with one attached hydrogen (secondary N) is 1. The van der Waals surface area contributed by atoms with Crippen molar-refractivity contribution in [3.05, 3.63) is 35.6 Å². The zero-order valence-electron chi connectivity index (χ0n) is 11.2. The van der Waals surface area contributed by atoms with E-state index in [0.29, 0.717) is 0 Å². The monoisotopic (exact) mass is 271 g/mol.